The zero-order valence-corrected chi connectivity index (χ0v) is 11.9. The average molecular weight is 298 g/mol. The topological polar surface area (TPSA) is 0 Å². The molecule has 0 atom stereocenters. The van der Waals surface area contributed by atoms with Crippen LogP contribution in [0.15, 0.2) is 60.7 Å². The summed E-state index contributed by atoms with van der Waals surface area (Å²) in [5.74, 6) is -1.30. The summed E-state index contributed by atoms with van der Waals surface area (Å²) in [6, 6.07) is 15.2. The zero-order valence-electron chi connectivity index (χ0n) is 11.9. The van der Waals surface area contributed by atoms with Gasteiger partial charge in [-0.15, -0.1) is 0 Å². The molecule has 110 valence electrons. The maximum atomic E-state index is 14.3. The van der Waals surface area contributed by atoms with Crippen LogP contribution < -0.4 is 0 Å². The smallest absolute Gasteiger partial charge is 0.131 e. The largest absolute Gasteiger partial charge is 0.207 e. The molecule has 3 heteroatoms. The molecule has 0 aromatic heterocycles. The van der Waals surface area contributed by atoms with Gasteiger partial charge in [0.2, 0.25) is 0 Å². The van der Waals surface area contributed by atoms with E-state index in [0.717, 1.165) is 0 Å². The van der Waals surface area contributed by atoms with Gasteiger partial charge in [0.1, 0.15) is 17.5 Å². The van der Waals surface area contributed by atoms with Gasteiger partial charge in [0.15, 0.2) is 0 Å². The Kier molecular flexibility index (Phi) is 3.72. The minimum Gasteiger partial charge on any atom is -0.207 e. The second-order valence-corrected chi connectivity index (χ2v) is 5.14. The lowest BCUT2D eigenvalue weighted by atomic mass is 9.98. The fraction of sp³-hybridized carbons (Fsp3) is 0.0526. The van der Waals surface area contributed by atoms with Gasteiger partial charge in [-0.2, -0.15) is 0 Å². The molecule has 0 amide bonds. The first kappa shape index (κ1) is 14.4. The van der Waals surface area contributed by atoms with Crippen molar-refractivity contribution in [1.29, 1.82) is 0 Å². The number of aryl methyl sites for hydroxylation is 1. The Hall–Kier alpha value is -2.55. The normalized spacial score (nSPS) is 10.7. The molecular formula is C19H13F3. The third-order valence-electron chi connectivity index (χ3n) is 3.64. The predicted molar refractivity (Wildman–Crippen MR) is 81.9 cm³/mol. The van der Waals surface area contributed by atoms with E-state index >= 15 is 0 Å². The predicted octanol–water partition coefficient (Wildman–Crippen LogP) is 5.75. The first-order chi connectivity index (χ1) is 10.6. The molecule has 0 saturated heterocycles. The molecule has 0 bridgehead atoms. The molecule has 3 aromatic rings. The van der Waals surface area contributed by atoms with Crippen molar-refractivity contribution >= 4 is 0 Å². The summed E-state index contributed by atoms with van der Waals surface area (Å²) in [7, 11) is 0. The molecule has 0 spiro atoms. The van der Waals surface area contributed by atoms with Gasteiger partial charge in [-0.3, -0.25) is 0 Å². The van der Waals surface area contributed by atoms with Gasteiger partial charge in [0.05, 0.1) is 0 Å². The molecule has 22 heavy (non-hydrogen) atoms. The molecule has 0 heterocycles. The third kappa shape index (κ3) is 2.62. The van der Waals surface area contributed by atoms with Crippen molar-refractivity contribution in [2.24, 2.45) is 0 Å². The first-order valence-electron chi connectivity index (χ1n) is 6.87. The lowest BCUT2D eigenvalue weighted by molar-refractivity contribution is 0.617. The Labute approximate surface area is 126 Å². The molecule has 0 fully saturated rings. The second-order valence-electron chi connectivity index (χ2n) is 5.14. The van der Waals surface area contributed by atoms with E-state index in [-0.39, 0.29) is 5.82 Å². The molecular weight excluding hydrogens is 285 g/mol. The van der Waals surface area contributed by atoms with Gasteiger partial charge in [0, 0.05) is 11.1 Å². The summed E-state index contributed by atoms with van der Waals surface area (Å²) < 4.78 is 41.7. The van der Waals surface area contributed by atoms with E-state index in [2.05, 4.69) is 0 Å². The molecule has 0 nitrogen and oxygen atoms in total. The summed E-state index contributed by atoms with van der Waals surface area (Å²) in [4.78, 5) is 0. The molecule has 0 radical (unpaired) electrons. The van der Waals surface area contributed by atoms with Crippen LogP contribution in [0.25, 0.3) is 22.3 Å². The highest BCUT2D eigenvalue weighted by molar-refractivity contribution is 5.71. The Bertz CT molecular complexity index is 838. The van der Waals surface area contributed by atoms with Crippen LogP contribution >= 0.6 is 0 Å². The van der Waals surface area contributed by atoms with Gasteiger partial charge in [-0.25, -0.2) is 13.2 Å². The van der Waals surface area contributed by atoms with Crippen LogP contribution in [0, 0.1) is 24.4 Å². The summed E-state index contributed by atoms with van der Waals surface area (Å²) in [5.41, 5.74) is 2.04. The van der Waals surface area contributed by atoms with Crippen molar-refractivity contribution in [2.45, 2.75) is 6.92 Å². The maximum absolute atomic E-state index is 14.3. The summed E-state index contributed by atoms with van der Waals surface area (Å²) in [6.07, 6.45) is 0. The highest BCUT2D eigenvalue weighted by atomic mass is 19.1. The van der Waals surface area contributed by atoms with Crippen molar-refractivity contribution in [2.75, 3.05) is 0 Å². The van der Waals surface area contributed by atoms with Crippen molar-refractivity contribution in [3.63, 3.8) is 0 Å². The Balaban J connectivity index is 2.06. The van der Waals surface area contributed by atoms with Crippen molar-refractivity contribution in [1.82, 2.24) is 0 Å². The van der Waals surface area contributed by atoms with Gasteiger partial charge in [0.25, 0.3) is 0 Å². The standard InChI is InChI=1S/C19H13F3/c1-12-6-7-13(10-18(12)21)16-9-8-14(11-19(16)22)15-4-2-3-5-17(15)20/h2-11H,1H3. The van der Waals surface area contributed by atoms with Crippen LogP contribution in [-0.4, -0.2) is 0 Å². The van der Waals surface area contributed by atoms with Gasteiger partial charge in [-0.1, -0.05) is 42.5 Å². The average Bonchev–Trinajstić information content (AvgIpc) is 2.50. The highest BCUT2D eigenvalue weighted by Crippen LogP contribution is 2.30. The first-order valence-corrected chi connectivity index (χ1v) is 6.87. The molecule has 0 aliphatic carbocycles. The zero-order chi connectivity index (χ0) is 15.7. The van der Waals surface area contributed by atoms with E-state index in [1.54, 1.807) is 49.4 Å². The Morgan fingerprint density at radius 2 is 1.18 bits per heavy atom. The van der Waals surface area contributed by atoms with Crippen molar-refractivity contribution in [3.8, 4) is 22.3 Å². The van der Waals surface area contributed by atoms with E-state index in [1.807, 2.05) is 0 Å². The van der Waals surface area contributed by atoms with Crippen LogP contribution in [0.3, 0.4) is 0 Å². The van der Waals surface area contributed by atoms with Crippen LogP contribution in [0.4, 0.5) is 13.2 Å². The monoisotopic (exact) mass is 298 g/mol. The highest BCUT2D eigenvalue weighted by Gasteiger charge is 2.11. The van der Waals surface area contributed by atoms with Crippen molar-refractivity contribution < 1.29 is 13.2 Å². The van der Waals surface area contributed by atoms with Crippen LogP contribution in [0.2, 0.25) is 0 Å². The van der Waals surface area contributed by atoms with E-state index in [9.17, 15) is 13.2 Å². The quantitative estimate of drug-likeness (QED) is 0.565. The molecule has 0 unspecified atom stereocenters. The van der Waals surface area contributed by atoms with Gasteiger partial charge >= 0.3 is 0 Å². The van der Waals surface area contributed by atoms with Crippen LogP contribution in [0.5, 0.6) is 0 Å². The van der Waals surface area contributed by atoms with Crippen LogP contribution in [0.1, 0.15) is 5.56 Å². The SMILES string of the molecule is Cc1ccc(-c2ccc(-c3ccccc3F)cc2F)cc1F. The van der Waals surface area contributed by atoms with E-state index in [0.29, 0.717) is 27.8 Å². The minimum atomic E-state index is -0.510. The summed E-state index contributed by atoms with van der Waals surface area (Å²) >= 11 is 0. The van der Waals surface area contributed by atoms with E-state index < -0.39 is 11.6 Å². The molecule has 3 rings (SSSR count). The van der Waals surface area contributed by atoms with Crippen molar-refractivity contribution in [3.05, 3.63) is 83.7 Å². The molecule has 0 N–H and O–H groups in total. The molecule has 0 aliphatic heterocycles. The van der Waals surface area contributed by atoms with E-state index in [4.69, 9.17) is 0 Å². The number of rotatable bonds is 2. The minimum absolute atomic E-state index is 0.291. The van der Waals surface area contributed by atoms with Crippen LogP contribution in [-0.2, 0) is 0 Å². The number of hydrogen-bond acceptors (Lipinski definition) is 0. The number of benzene rings is 3. The summed E-state index contributed by atoms with van der Waals surface area (Å²) in [6.45, 7) is 1.65. The molecule has 0 saturated carbocycles. The van der Waals surface area contributed by atoms with Gasteiger partial charge < -0.3 is 0 Å². The number of halogens is 3. The lowest BCUT2D eigenvalue weighted by Gasteiger charge is -2.08. The number of hydrogen-bond donors (Lipinski definition) is 0. The molecule has 3 aromatic carbocycles. The Morgan fingerprint density at radius 1 is 0.591 bits per heavy atom. The maximum Gasteiger partial charge on any atom is 0.131 e. The summed E-state index contributed by atoms with van der Waals surface area (Å²) in [5, 5.41) is 0. The second kappa shape index (κ2) is 5.68. The fourth-order valence-electron chi connectivity index (χ4n) is 2.37. The Morgan fingerprint density at radius 3 is 1.82 bits per heavy atom. The fourth-order valence-corrected chi connectivity index (χ4v) is 2.37. The van der Waals surface area contributed by atoms with E-state index in [1.165, 1.54) is 18.2 Å². The third-order valence-corrected chi connectivity index (χ3v) is 3.64. The lowest BCUT2D eigenvalue weighted by Crippen LogP contribution is -1.90. The van der Waals surface area contributed by atoms with Gasteiger partial charge in [-0.05, 0) is 41.8 Å². The molecule has 0 aliphatic rings.